The van der Waals surface area contributed by atoms with Crippen LogP contribution in [0.3, 0.4) is 0 Å². The van der Waals surface area contributed by atoms with Gasteiger partial charge in [0.15, 0.2) is 0 Å². The molecule has 0 radical (unpaired) electrons. The van der Waals surface area contributed by atoms with Crippen molar-refractivity contribution >= 4 is 5.95 Å². The molecular weight excluding hydrogens is 368 g/mol. The van der Waals surface area contributed by atoms with Crippen LogP contribution < -0.4 is 10.5 Å². The fourth-order valence-electron chi connectivity index (χ4n) is 3.21. The molecule has 2 aromatic heterocycles. The molecule has 1 aliphatic heterocycles. The minimum atomic E-state index is -0.811. The van der Waals surface area contributed by atoms with Crippen molar-refractivity contribution in [2.45, 2.75) is 6.10 Å². The summed E-state index contributed by atoms with van der Waals surface area (Å²) in [6, 6.07) is 6.75. The molecule has 0 N–H and O–H groups in total. The minimum Gasteiger partial charge on any atom is -0.370 e. The molecule has 1 atom stereocenters. The standard InChI is InChI=1S/C19H17F2N5O2/c1-25-17(27)9-15(14-5-6-22-11-23-14)24-19(25)26-7-8-28-16(10-26)18-12(20)3-2-4-13(18)21/h2-6,9,11,16H,7-8,10H2,1H3. The number of hydrogen-bond donors (Lipinski definition) is 0. The lowest BCUT2D eigenvalue weighted by atomic mass is 10.1. The van der Waals surface area contributed by atoms with Crippen LogP contribution in [-0.2, 0) is 11.8 Å². The Morgan fingerprint density at radius 1 is 1.18 bits per heavy atom. The summed E-state index contributed by atoms with van der Waals surface area (Å²) < 4.78 is 35.3. The highest BCUT2D eigenvalue weighted by Crippen LogP contribution is 2.29. The first-order chi connectivity index (χ1) is 13.5. The van der Waals surface area contributed by atoms with Crippen molar-refractivity contribution in [1.82, 2.24) is 19.5 Å². The number of hydrogen-bond acceptors (Lipinski definition) is 6. The topological polar surface area (TPSA) is 73.1 Å². The van der Waals surface area contributed by atoms with E-state index in [0.717, 1.165) is 0 Å². The van der Waals surface area contributed by atoms with Crippen LogP contribution in [0, 0.1) is 11.6 Å². The lowest BCUT2D eigenvalue weighted by molar-refractivity contribution is 0.0343. The van der Waals surface area contributed by atoms with Crippen molar-refractivity contribution in [3.8, 4) is 11.4 Å². The number of rotatable bonds is 3. The summed E-state index contributed by atoms with van der Waals surface area (Å²) in [5.74, 6) is -0.946. The van der Waals surface area contributed by atoms with Gasteiger partial charge in [0.05, 0.1) is 30.1 Å². The molecule has 0 bridgehead atoms. The summed E-state index contributed by atoms with van der Waals surface area (Å²) in [5.41, 5.74) is 0.530. The Bertz CT molecular complexity index is 1040. The van der Waals surface area contributed by atoms with E-state index in [0.29, 0.717) is 23.9 Å². The molecular formula is C19H17F2N5O2. The molecule has 1 aromatic carbocycles. The van der Waals surface area contributed by atoms with Crippen LogP contribution in [0.15, 0.2) is 47.7 Å². The van der Waals surface area contributed by atoms with E-state index in [2.05, 4.69) is 15.0 Å². The highest BCUT2D eigenvalue weighted by atomic mass is 19.1. The van der Waals surface area contributed by atoms with E-state index < -0.39 is 17.7 Å². The van der Waals surface area contributed by atoms with Gasteiger partial charge < -0.3 is 9.64 Å². The molecule has 4 rings (SSSR count). The molecule has 0 aliphatic carbocycles. The molecule has 3 heterocycles. The third kappa shape index (κ3) is 3.36. The van der Waals surface area contributed by atoms with E-state index in [9.17, 15) is 13.6 Å². The molecule has 1 fully saturated rings. The second kappa shape index (κ2) is 7.43. The van der Waals surface area contributed by atoms with Gasteiger partial charge >= 0.3 is 0 Å². The monoisotopic (exact) mass is 385 g/mol. The molecule has 7 nitrogen and oxygen atoms in total. The molecule has 3 aromatic rings. The third-order valence-corrected chi connectivity index (χ3v) is 4.63. The number of nitrogens with zero attached hydrogens (tertiary/aromatic N) is 5. The fourth-order valence-corrected chi connectivity index (χ4v) is 3.21. The SMILES string of the molecule is Cn1c(N2CCOC(c3c(F)cccc3F)C2)nc(-c2ccncn2)cc1=O. The maximum absolute atomic E-state index is 14.2. The van der Waals surface area contributed by atoms with E-state index in [-0.39, 0.29) is 24.3 Å². The van der Waals surface area contributed by atoms with E-state index >= 15 is 0 Å². The Kier molecular flexibility index (Phi) is 4.82. The first kappa shape index (κ1) is 18.2. The molecule has 1 aliphatic rings. The molecule has 0 spiro atoms. The Morgan fingerprint density at radius 3 is 2.68 bits per heavy atom. The number of aromatic nitrogens is 4. The molecule has 28 heavy (non-hydrogen) atoms. The average Bonchev–Trinajstić information content (AvgIpc) is 2.71. The van der Waals surface area contributed by atoms with E-state index in [4.69, 9.17) is 4.74 Å². The van der Waals surface area contributed by atoms with Gasteiger partial charge in [-0.25, -0.2) is 23.7 Å². The Balaban J connectivity index is 1.71. The highest BCUT2D eigenvalue weighted by molar-refractivity contribution is 5.55. The summed E-state index contributed by atoms with van der Waals surface area (Å²) in [6.07, 6.45) is 2.13. The van der Waals surface area contributed by atoms with Gasteiger partial charge in [0.1, 0.15) is 24.1 Å². The largest absolute Gasteiger partial charge is 0.370 e. The third-order valence-electron chi connectivity index (χ3n) is 4.63. The van der Waals surface area contributed by atoms with Gasteiger partial charge in [-0.05, 0) is 18.2 Å². The van der Waals surface area contributed by atoms with Gasteiger partial charge in [0.2, 0.25) is 5.95 Å². The van der Waals surface area contributed by atoms with Gasteiger partial charge in [-0.3, -0.25) is 9.36 Å². The van der Waals surface area contributed by atoms with E-state index in [1.807, 2.05) is 0 Å². The van der Waals surface area contributed by atoms with Crippen LogP contribution in [-0.4, -0.2) is 39.2 Å². The summed E-state index contributed by atoms with van der Waals surface area (Å²) in [4.78, 5) is 26.8. The zero-order valence-corrected chi connectivity index (χ0v) is 15.0. The van der Waals surface area contributed by atoms with Gasteiger partial charge in [-0.2, -0.15) is 0 Å². The number of halogens is 2. The zero-order chi connectivity index (χ0) is 19.7. The van der Waals surface area contributed by atoms with Crippen molar-refractivity contribution in [1.29, 1.82) is 0 Å². The number of benzene rings is 1. The van der Waals surface area contributed by atoms with Crippen molar-refractivity contribution < 1.29 is 13.5 Å². The molecule has 0 amide bonds. The van der Waals surface area contributed by atoms with E-state index in [1.165, 1.54) is 35.2 Å². The Labute approximate surface area is 159 Å². The first-order valence-corrected chi connectivity index (χ1v) is 8.69. The second-order valence-electron chi connectivity index (χ2n) is 6.37. The van der Waals surface area contributed by atoms with Gasteiger partial charge in [0, 0.05) is 25.9 Å². The molecule has 9 heteroatoms. The Hall–Kier alpha value is -3.20. The summed E-state index contributed by atoms with van der Waals surface area (Å²) in [5, 5.41) is 0. The van der Waals surface area contributed by atoms with Gasteiger partial charge in [-0.1, -0.05) is 6.07 Å². The van der Waals surface area contributed by atoms with Crippen LogP contribution in [0.5, 0.6) is 0 Å². The first-order valence-electron chi connectivity index (χ1n) is 8.69. The zero-order valence-electron chi connectivity index (χ0n) is 15.0. The number of ether oxygens (including phenoxy) is 1. The maximum Gasteiger partial charge on any atom is 0.255 e. The van der Waals surface area contributed by atoms with Crippen molar-refractivity contribution in [2.75, 3.05) is 24.6 Å². The summed E-state index contributed by atoms with van der Waals surface area (Å²) in [7, 11) is 1.60. The number of morpholine rings is 1. The van der Waals surface area contributed by atoms with Crippen molar-refractivity contribution in [3.63, 3.8) is 0 Å². The smallest absolute Gasteiger partial charge is 0.255 e. The van der Waals surface area contributed by atoms with Crippen LogP contribution in [0.4, 0.5) is 14.7 Å². The molecule has 1 unspecified atom stereocenters. The molecule has 0 saturated carbocycles. The predicted molar refractivity (Wildman–Crippen MR) is 97.8 cm³/mol. The maximum atomic E-state index is 14.2. The lowest BCUT2D eigenvalue weighted by Crippen LogP contribution is -2.42. The van der Waals surface area contributed by atoms with Gasteiger partial charge in [0.25, 0.3) is 5.56 Å². The lowest BCUT2D eigenvalue weighted by Gasteiger charge is -2.34. The van der Waals surface area contributed by atoms with Crippen LogP contribution >= 0.6 is 0 Å². The van der Waals surface area contributed by atoms with E-state index in [1.54, 1.807) is 24.2 Å². The van der Waals surface area contributed by atoms with Gasteiger partial charge in [-0.15, -0.1) is 0 Å². The minimum absolute atomic E-state index is 0.121. The van der Waals surface area contributed by atoms with Crippen molar-refractivity contribution in [2.24, 2.45) is 7.05 Å². The molecule has 144 valence electrons. The second-order valence-corrected chi connectivity index (χ2v) is 6.37. The summed E-state index contributed by atoms with van der Waals surface area (Å²) >= 11 is 0. The summed E-state index contributed by atoms with van der Waals surface area (Å²) in [6.45, 7) is 0.831. The van der Waals surface area contributed by atoms with Crippen LogP contribution in [0.25, 0.3) is 11.4 Å². The average molecular weight is 385 g/mol. The van der Waals surface area contributed by atoms with Crippen LogP contribution in [0.2, 0.25) is 0 Å². The predicted octanol–water partition coefficient (Wildman–Crippen LogP) is 2.09. The fraction of sp³-hybridized carbons (Fsp3) is 0.263. The molecule has 1 saturated heterocycles. The number of anilines is 1. The quantitative estimate of drug-likeness (QED) is 0.688. The highest BCUT2D eigenvalue weighted by Gasteiger charge is 2.29. The van der Waals surface area contributed by atoms with Crippen molar-refractivity contribution in [3.05, 3.63) is 70.4 Å². The normalized spacial score (nSPS) is 17.0. The Morgan fingerprint density at radius 2 is 1.96 bits per heavy atom. The van der Waals surface area contributed by atoms with Crippen LogP contribution in [0.1, 0.15) is 11.7 Å².